The van der Waals surface area contributed by atoms with Crippen LogP contribution in [0.25, 0.3) is 0 Å². The molecule has 27 heavy (non-hydrogen) atoms. The first-order valence-electron chi connectivity index (χ1n) is 9.19. The van der Waals surface area contributed by atoms with Crippen molar-refractivity contribution in [3.63, 3.8) is 0 Å². The van der Waals surface area contributed by atoms with Gasteiger partial charge >= 0.3 is 0 Å². The lowest BCUT2D eigenvalue weighted by Gasteiger charge is -2.38. The predicted molar refractivity (Wildman–Crippen MR) is 104 cm³/mol. The highest BCUT2D eigenvalue weighted by atomic mass is 16.5. The van der Waals surface area contributed by atoms with Crippen LogP contribution in [0.3, 0.4) is 0 Å². The van der Waals surface area contributed by atoms with Gasteiger partial charge in [0.1, 0.15) is 22.8 Å². The lowest BCUT2D eigenvalue weighted by molar-refractivity contribution is -0.128. The van der Waals surface area contributed by atoms with Gasteiger partial charge in [-0.2, -0.15) is 0 Å². The van der Waals surface area contributed by atoms with Crippen molar-refractivity contribution in [2.75, 3.05) is 7.11 Å². The highest BCUT2D eigenvalue weighted by molar-refractivity contribution is 5.81. The Bertz CT molecular complexity index is 831. The van der Waals surface area contributed by atoms with Crippen molar-refractivity contribution in [1.82, 2.24) is 5.32 Å². The molecule has 2 aromatic rings. The number of aryl methyl sites for hydroxylation is 1. The van der Waals surface area contributed by atoms with Crippen LogP contribution in [0.15, 0.2) is 42.5 Å². The molecule has 3 rings (SSSR count). The summed E-state index contributed by atoms with van der Waals surface area (Å²) in [5.41, 5.74) is 1.56. The molecule has 0 saturated carbocycles. The standard InChI is InChI=1S/C22H27NO4/c1-14-8-6-7-9-19(14)26-15(2)21(24)23-18-13-22(3,4)27-20-12-16(25-5)10-11-17(18)20/h6-12,15,18H,13H2,1-5H3,(H,23,24)/t15-,18+/m0/s1. The zero-order chi connectivity index (χ0) is 19.6. The zero-order valence-corrected chi connectivity index (χ0v) is 16.5. The fourth-order valence-corrected chi connectivity index (χ4v) is 3.31. The molecular formula is C22H27NO4. The maximum atomic E-state index is 12.8. The maximum Gasteiger partial charge on any atom is 0.261 e. The Hall–Kier alpha value is -2.69. The third-order valence-corrected chi connectivity index (χ3v) is 4.76. The van der Waals surface area contributed by atoms with E-state index in [1.165, 1.54) is 0 Å². The number of nitrogens with one attached hydrogen (secondary N) is 1. The van der Waals surface area contributed by atoms with E-state index in [0.717, 1.165) is 28.4 Å². The van der Waals surface area contributed by atoms with Crippen molar-refractivity contribution in [2.45, 2.75) is 51.9 Å². The van der Waals surface area contributed by atoms with Crippen molar-refractivity contribution in [1.29, 1.82) is 0 Å². The number of hydrogen-bond donors (Lipinski definition) is 1. The Morgan fingerprint density at radius 3 is 2.70 bits per heavy atom. The third kappa shape index (κ3) is 4.35. The molecule has 0 unspecified atom stereocenters. The van der Waals surface area contributed by atoms with Gasteiger partial charge in [0, 0.05) is 18.1 Å². The maximum absolute atomic E-state index is 12.8. The molecule has 0 aliphatic carbocycles. The van der Waals surface area contributed by atoms with Gasteiger partial charge in [0.2, 0.25) is 0 Å². The number of hydrogen-bond acceptors (Lipinski definition) is 4. The summed E-state index contributed by atoms with van der Waals surface area (Å²) in [4.78, 5) is 12.8. The Morgan fingerprint density at radius 2 is 2.00 bits per heavy atom. The van der Waals surface area contributed by atoms with Crippen LogP contribution in [0.2, 0.25) is 0 Å². The molecule has 1 amide bonds. The summed E-state index contributed by atoms with van der Waals surface area (Å²) in [6.45, 7) is 7.76. The molecular weight excluding hydrogens is 342 g/mol. The van der Waals surface area contributed by atoms with Gasteiger partial charge in [-0.3, -0.25) is 4.79 Å². The van der Waals surface area contributed by atoms with Crippen molar-refractivity contribution >= 4 is 5.91 Å². The van der Waals surface area contributed by atoms with Gasteiger partial charge in [-0.15, -0.1) is 0 Å². The van der Waals surface area contributed by atoms with Crippen LogP contribution in [0.4, 0.5) is 0 Å². The van der Waals surface area contributed by atoms with Gasteiger partial charge in [0.05, 0.1) is 13.2 Å². The molecule has 1 heterocycles. The average molecular weight is 369 g/mol. The van der Waals surface area contributed by atoms with E-state index in [1.807, 2.05) is 63.2 Å². The molecule has 0 spiro atoms. The highest BCUT2D eigenvalue weighted by Crippen LogP contribution is 2.41. The number of fused-ring (bicyclic) bond motifs is 1. The van der Waals surface area contributed by atoms with Gasteiger partial charge < -0.3 is 19.5 Å². The van der Waals surface area contributed by atoms with E-state index in [2.05, 4.69) is 5.32 Å². The van der Waals surface area contributed by atoms with Crippen molar-refractivity contribution in [2.24, 2.45) is 0 Å². The Balaban J connectivity index is 1.76. The van der Waals surface area contributed by atoms with Crippen LogP contribution in [0, 0.1) is 6.92 Å². The topological polar surface area (TPSA) is 56.8 Å². The summed E-state index contributed by atoms with van der Waals surface area (Å²) in [5, 5.41) is 3.12. The number of para-hydroxylation sites is 1. The second-order valence-electron chi connectivity index (χ2n) is 7.56. The lowest BCUT2D eigenvalue weighted by atomic mass is 9.89. The highest BCUT2D eigenvalue weighted by Gasteiger charge is 2.35. The average Bonchev–Trinajstić information content (AvgIpc) is 2.62. The van der Waals surface area contributed by atoms with Crippen molar-refractivity contribution < 1.29 is 19.0 Å². The van der Waals surface area contributed by atoms with Crippen LogP contribution in [0.1, 0.15) is 44.4 Å². The molecule has 144 valence electrons. The van der Waals surface area contributed by atoms with E-state index >= 15 is 0 Å². The number of benzene rings is 2. The normalized spacial score (nSPS) is 18.6. The van der Waals surface area contributed by atoms with E-state index in [0.29, 0.717) is 6.42 Å². The van der Waals surface area contributed by atoms with Crippen molar-refractivity contribution in [3.05, 3.63) is 53.6 Å². The molecule has 0 radical (unpaired) electrons. The van der Waals surface area contributed by atoms with Crippen LogP contribution in [-0.4, -0.2) is 24.7 Å². The zero-order valence-electron chi connectivity index (χ0n) is 16.5. The summed E-state index contributed by atoms with van der Waals surface area (Å²) in [6, 6.07) is 13.2. The summed E-state index contributed by atoms with van der Waals surface area (Å²) in [7, 11) is 1.62. The van der Waals surface area contributed by atoms with E-state index < -0.39 is 11.7 Å². The number of amides is 1. The number of carbonyl (C=O) groups is 1. The number of carbonyl (C=O) groups excluding carboxylic acids is 1. The van der Waals surface area contributed by atoms with Gasteiger partial charge in [0.15, 0.2) is 6.10 Å². The minimum atomic E-state index is -0.598. The first-order valence-corrected chi connectivity index (χ1v) is 9.19. The number of methoxy groups -OCH3 is 1. The summed E-state index contributed by atoms with van der Waals surface area (Å²) in [5.74, 6) is 2.04. The smallest absolute Gasteiger partial charge is 0.261 e. The van der Waals surface area contributed by atoms with Gasteiger partial charge in [0.25, 0.3) is 5.91 Å². The van der Waals surface area contributed by atoms with Crippen molar-refractivity contribution in [3.8, 4) is 17.2 Å². The molecule has 2 aromatic carbocycles. The molecule has 5 heteroatoms. The molecule has 0 saturated heterocycles. The number of rotatable bonds is 5. The van der Waals surface area contributed by atoms with E-state index in [4.69, 9.17) is 14.2 Å². The van der Waals surface area contributed by atoms with E-state index in [9.17, 15) is 4.79 Å². The van der Waals surface area contributed by atoms with Crippen LogP contribution in [0.5, 0.6) is 17.2 Å². The quantitative estimate of drug-likeness (QED) is 0.859. The minimum Gasteiger partial charge on any atom is -0.497 e. The summed E-state index contributed by atoms with van der Waals surface area (Å²) < 4.78 is 17.2. The summed E-state index contributed by atoms with van der Waals surface area (Å²) >= 11 is 0. The molecule has 2 atom stereocenters. The molecule has 5 nitrogen and oxygen atoms in total. The first-order chi connectivity index (χ1) is 12.8. The fourth-order valence-electron chi connectivity index (χ4n) is 3.31. The second-order valence-corrected chi connectivity index (χ2v) is 7.56. The lowest BCUT2D eigenvalue weighted by Crippen LogP contribution is -2.44. The minimum absolute atomic E-state index is 0.148. The Labute approximate surface area is 160 Å². The molecule has 1 aliphatic rings. The van der Waals surface area contributed by atoms with E-state index in [-0.39, 0.29) is 11.9 Å². The largest absolute Gasteiger partial charge is 0.497 e. The molecule has 1 N–H and O–H groups in total. The van der Waals surface area contributed by atoms with Gasteiger partial charge in [-0.1, -0.05) is 18.2 Å². The first kappa shape index (κ1) is 19.1. The van der Waals surface area contributed by atoms with E-state index in [1.54, 1.807) is 14.0 Å². The van der Waals surface area contributed by atoms with Gasteiger partial charge in [-0.25, -0.2) is 0 Å². The molecule has 0 aromatic heterocycles. The molecule has 0 bridgehead atoms. The molecule has 1 aliphatic heterocycles. The monoisotopic (exact) mass is 369 g/mol. The van der Waals surface area contributed by atoms with Crippen LogP contribution < -0.4 is 19.5 Å². The third-order valence-electron chi connectivity index (χ3n) is 4.76. The fraction of sp³-hybridized carbons (Fsp3) is 0.409. The predicted octanol–water partition coefficient (Wildman–Crippen LogP) is 4.19. The Kier molecular flexibility index (Phi) is 5.31. The SMILES string of the molecule is COc1ccc2c(c1)OC(C)(C)C[C@H]2NC(=O)[C@H](C)Oc1ccccc1C. The molecule has 0 fully saturated rings. The van der Waals surface area contributed by atoms with Gasteiger partial charge in [-0.05, 0) is 51.5 Å². The van der Waals surface area contributed by atoms with Crippen LogP contribution in [-0.2, 0) is 4.79 Å². The Morgan fingerprint density at radius 1 is 1.26 bits per heavy atom. The summed E-state index contributed by atoms with van der Waals surface area (Å²) in [6.07, 6.45) is 0.0774. The second kappa shape index (κ2) is 7.51. The van der Waals surface area contributed by atoms with Crippen LogP contribution >= 0.6 is 0 Å². The number of ether oxygens (including phenoxy) is 3.